The number of nitrogens with zero attached hydrogens (tertiary/aromatic N) is 6. The van der Waals surface area contributed by atoms with E-state index in [0.29, 0.717) is 0 Å². The molecule has 1 aromatic carbocycles. The van der Waals surface area contributed by atoms with Gasteiger partial charge in [-0.15, -0.1) is 0 Å². The molecule has 8 nitrogen and oxygen atoms in total. The molecule has 0 atom stereocenters. The first-order chi connectivity index (χ1) is 9.65. The lowest BCUT2D eigenvalue weighted by Gasteiger charge is -1.95. The molecule has 0 spiro atoms. The van der Waals surface area contributed by atoms with Crippen LogP contribution < -0.4 is 0 Å². The van der Waals surface area contributed by atoms with E-state index in [9.17, 15) is 9.59 Å². The van der Waals surface area contributed by atoms with Crippen LogP contribution in [0.4, 0.5) is 0 Å². The fourth-order valence-electron chi connectivity index (χ4n) is 1.21. The number of rotatable bonds is 4. The summed E-state index contributed by atoms with van der Waals surface area (Å²) in [7, 11) is 0. The summed E-state index contributed by atoms with van der Waals surface area (Å²) in [5.74, 6) is -1.37. The first kappa shape index (κ1) is 14.7. The summed E-state index contributed by atoms with van der Waals surface area (Å²) in [5.41, 5.74) is 17.6. The predicted molar refractivity (Wildman–Crippen MR) is 72.8 cm³/mol. The van der Waals surface area contributed by atoms with E-state index in [1.165, 1.54) is 12.2 Å². The molecule has 2 amide bonds. The van der Waals surface area contributed by atoms with Gasteiger partial charge in [-0.25, -0.2) is 0 Å². The summed E-state index contributed by atoms with van der Waals surface area (Å²) >= 11 is 0. The minimum Gasteiger partial charge on any atom is -0.288 e. The van der Waals surface area contributed by atoms with Crippen molar-refractivity contribution in [1.82, 2.24) is 0 Å². The third-order valence-electron chi connectivity index (χ3n) is 2.06. The number of carbonyl (C=O) groups excluding carboxylic acids is 2. The van der Waals surface area contributed by atoms with Gasteiger partial charge in [-0.3, -0.25) is 9.59 Å². The van der Waals surface area contributed by atoms with Crippen molar-refractivity contribution in [3.05, 3.63) is 68.4 Å². The molecule has 98 valence electrons. The molecular formula is C12H8N6O2. The Labute approximate surface area is 113 Å². The second-order valence-corrected chi connectivity index (χ2v) is 3.39. The molecule has 0 unspecified atom stereocenters. The standard InChI is InChI=1S/C12H8N6O2/c13-17-15-11(19)7-5-9-1-2-10(4-3-9)6-8-12(20)16-18-14/h1-8H/b7-5-,8-6+. The van der Waals surface area contributed by atoms with Gasteiger partial charge in [0.05, 0.1) is 0 Å². The van der Waals surface area contributed by atoms with Crippen LogP contribution in [0.15, 0.2) is 46.6 Å². The molecule has 1 aromatic rings. The van der Waals surface area contributed by atoms with Crippen molar-refractivity contribution < 1.29 is 9.59 Å². The van der Waals surface area contributed by atoms with Crippen molar-refractivity contribution in [1.29, 1.82) is 0 Å². The van der Waals surface area contributed by atoms with Crippen LogP contribution in [0.2, 0.25) is 0 Å². The molecule has 1 rings (SSSR count). The summed E-state index contributed by atoms with van der Waals surface area (Å²) in [5, 5.41) is 5.78. The van der Waals surface area contributed by atoms with E-state index >= 15 is 0 Å². The van der Waals surface area contributed by atoms with Crippen molar-refractivity contribution in [2.24, 2.45) is 10.2 Å². The van der Waals surface area contributed by atoms with E-state index in [4.69, 9.17) is 11.1 Å². The van der Waals surface area contributed by atoms with Crippen LogP contribution in [0.3, 0.4) is 0 Å². The van der Waals surface area contributed by atoms with Crippen molar-refractivity contribution in [3.8, 4) is 0 Å². The Bertz CT molecular complexity index is 603. The van der Waals surface area contributed by atoms with Crippen LogP contribution in [0.25, 0.3) is 33.0 Å². The van der Waals surface area contributed by atoms with Crippen LogP contribution in [-0.4, -0.2) is 11.8 Å². The molecule has 0 saturated carbocycles. The Morgan fingerprint density at radius 2 is 1.20 bits per heavy atom. The molecule has 8 heteroatoms. The Kier molecular flexibility index (Phi) is 5.80. The summed E-state index contributed by atoms with van der Waals surface area (Å²) < 4.78 is 0. The highest BCUT2D eigenvalue weighted by Crippen LogP contribution is 2.08. The largest absolute Gasteiger partial charge is 0.288 e. The van der Waals surface area contributed by atoms with Crippen molar-refractivity contribution >= 4 is 24.0 Å². The Morgan fingerprint density at radius 1 is 0.850 bits per heavy atom. The minimum atomic E-state index is -0.684. The number of hydrogen-bond acceptors (Lipinski definition) is 2. The Balaban J connectivity index is 2.74. The van der Waals surface area contributed by atoms with Gasteiger partial charge in [-0.1, -0.05) is 36.4 Å². The lowest BCUT2D eigenvalue weighted by molar-refractivity contribution is -0.114. The van der Waals surface area contributed by atoms with Crippen molar-refractivity contribution in [2.45, 2.75) is 0 Å². The quantitative estimate of drug-likeness (QED) is 0.358. The smallest absolute Gasteiger partial charge is 0.242 e. The average Bonchev–Trinajstić information content (AvgIpc) is 2.45. The zero-order chi connectivity index (χ0) is 14.8. The molecule has 20 heavy (non-hydrogen) atoms. The van der Waals surface area contributed by atoms with Gasteiger partial charge in [0, 0.05) is 9.82 Å². The molecule has 0 aliphatic heterocycles. The van der Waals surface area contributed by atoms with E-state index < -0.39 is 11.8 Å². The molecular weight excluding hydrogens is 260 g/mol. The summed E-state index contributed by atoms with van der Waals surface area (Å²) in [6, 6.07) is 6.82. The lowest BCUT2D eigenvalue weighted by Crippen LogP contribution is -1.84. The number of amides is 2. The zero-order valence-electron chi connectivity index (χ0n) is 10.1. The SMILES string of the molecule is [N-]=[N+]=NC(=O)/C=C\c1ccc(/C=C/C(=O)N=[N+]=[N-])cc1. The van der Waals surface area contributed by atoms with Gasteiger partial charge in [0.25, 0.3) is 0 Å². The van der Waals surface area contributed by atoms with Gasteiger partial charge in [0.15, 0.2) is 0 Å². The Morgan fingerprint density at radius 3 is 1.50 bits per heavy atom. The summed E-state index contributed by atoms with van der Waals surface area (Å²) in [6.45, 7) is 0. The second-order valence-electron chi connectivity index (χ2n) is 3.39. The predicted octanol–water partition coefficient (Wildman–Crippen LogP) is 3.39. The van der Waals surface area contributed by atoms with Gasteiger partial charge in [0.1, 0.15) is 0 Å². The molecule has 0 radical (unpaired) electrons. The topological polar surface area (TPSA) is 132 Å². The van der Waals surface area contributed by atoms with E-state index in [1.807, 2.05) is 0 Å². The number of azide groups is 2. The molecule has 0 saturated heterocycles. The van der Waals surface area contributed by atoms with Crippen LogP contribution in [-0.2, 0) is 9.59 Å². The molecule has 0 N–H and O–H groups in total. The highest BCUT2D eigenvalue weighted by Gasteiger charge is 1.93. The third-order valence-corrected chi connectivity index (χ3v) is 2.06. The fourth-order valence-corrected chi connectivity index (χ4v) is 1.21. The van der Waals surface area contributed by atoms with E-state index in [2.05, 4.69) is 20.1 Å². The molecule has 0 fully saturated rings. The van der Waals surface area contributed by atoms with Crippen LogP contribution in [0.5, 0.6) is 0 Å². The fraction of sp³-hybridized carbons (Fsp3) is 0. The van der Waals surface area contributed by atoms with Crippen LogP contribution >= 0.6 is 0 Å². The monoisotopic (exact) mass is 268 g/mol. The molecule has 0 aliphatic carbocycles. The zero-order valence-corrected chi connectivity index (χ0v) is 10.1. The van der Waals surface area contributed by atoms with Crippen LogP contribution in [0, 0.1) is 0 Å². The lowest BCUT2D eigenvalue weighted by atomic mass is 10.1. The summed E-state index contributed by atoms with van der Waals surface area (Å²) in [4.78, 5) is 26.6. The van der Waals surface area contributed by atoms with Gasteiger partial charge in [-0.2, -0.15) is 0 Å². The van der Waals surface area contributed by atoms with Crippen LogP contribution in [0.1, 0.15) is 11.1 Å². The van der Waals surface area contributed by atoms with Gasteiger partial charge in [-0.05, 0) is 44.6 Å². The Hall–Kier alpha value is -3.34. The van der Waals surface area contributed by atoms with E-state index in [0.717, 1.165) is 23.3 Å². The molecule has 0 aliphatic rings. The first-order valence-corrected chi connectivity index (χ1v) is 5.30. The third kappa shape index (κ3) is 5.33. The van der Waals surface area contributed by atoms with Crippen molar-refractivity contribution in [2.75, 3.05) is 0 Å². The summed E-state index contributed by atoms with van der Waals surface area (Å²) in [6.07, 6.45) is 5.29. The number of carbonyl (C=O) groups is 2. The maximum absolute atomic E-state index is 10.9. The van der Waals surface area contributed by atoms with Gasteiger partial charge >= 0.3 is 0 Å². The second kappa shape index (κ2) is 7.88. The van der Waals surface area contributed by atoms with Gasteiger partial charge < -0.3 is 0 Å². The number of benzene rings is 1. The van der Waals surface area contributed by atoms with E-state index in [1.54, 1.807) is 24.3 Å². The van der Waals surface area contributed by atoms with Crippen molar-refractivity contribution in [3.63, 3.8) is 0 Å². The maximum atomic E-state index is 10.9. The first-order valence-electron chi connectivity index (χ1n) is 5.30. The van der Waals surface area contributed by atoms with E-state index in [-0.39, 0.29) is 0 Å². The molecule has 0 heterocycles. The highest BCUT2D eigenvalue weighted by molar-refractivity contribution is 5.93. The minimum absolute atomic E-state index is 0.684. The van der Waals surface area contributed by atoms with Gasteiger partial charge in [0.2, 0.25) is 11.8 Å². The maximum Gasteiger partial charge on any atom is 0.242 e. The number of hydrogen-bond donors (Lipinski definition) is 0. The average molecular weight is 268 g/mol. The normalized spacial score (nSPS) is 10.0. The molecule has 0 bridgehead atoms. The molecule has 0 aromatic heterocycles. The highest BCUT2D eigenvalue weighted by atomic mass is 16.2.